The van der Waals surface area contributed by atoms with Crippen LogP contribution in [0.25, 0.3) is 5.76 Å². The van der Waals surface area contributed by atoms with Gasteiger partial charge in [-0.15, -0.1) is 0 Å². The van der Waals surface area contributed by atoms with E-state index in [0.717, 1.165) is 28.7 Å². The molecule has 0 bridgehead atoms. The van der Waals surface area contributed by atoms with E-state index in [2.05, 4.69) is 6.92 Å². The van der Waals surface area contributed by atoms with E-state index in [9.17, 15) is 14.7 Å². The smallest absolute Gasteiger partial charge is 0.300 e. The Morgan fingerprint density at radius 2 is 1.52 bits per heavy atom. The van der Waals surface area contributed by atoms with Crippen molar-refractivity contribution in [1.29, 1.82) is 0 Å². The minimum Gasteiger partial charge on any atom is -0.507 e. The van der Waals surface area contributed by atoms with Gasteiger partial charge in [0.2, 0.25) is 0 Å². The zero-order valence-corrected chi connectivity index (χ0v) is 17.9. The van der Waals surface area contributed by atoms with Crippen LogP contribution in [-0.2, 0) is 16.0 Å². The van der Waals surface area contributed by atoms with E-state index >= 15 is 0 Å². The first-order valence-corrected chi connectivity index (χ1v) is 10.4. The molecule has 4 nitrogen and oxygen atoms in total. The molecule has 1 atom stereocenters. The summed E-state index contributed by atoms with van der Waals surface area (Å²) in [5.41, 5.74) is 5.18. The van der Waals surface area contributed by atoms with Crippen LogP contribution in [0.3, 0.4) is 0 Å². The highest BCUT2D eigenvalue weighted by atomic mass is 16.3. The number of benzene rings is 3. The summed E-state index contributed by atoms with van der Waals surface area (Å²) in [4.78, 5) is 27.9. The van der Waals surface area contributed by atoms with Gasteiger partial charge in [0.1, 0.15) is 5.76 Å². The zero-order chi connectivity index (χ0) is 22.1. The maximum absolute atomic E-state index is 13.2. The van der Waals surface area contributed by atoms with Crippen LogP contribution in [0.4, 0.5) is 5.69 Å². The number of carbonyl (C=O) groups is 2. The van der Waals surface area contributed by atoms with Gasteiger partial charge in [0, 0.05) is 11.3 Å². The molecule has 0 spiro atoms. The molecule has 1 aliphatic heterocycles. The lowest BCUT2D eigenvalue weighted by atomic mass is 9.94. The van der Waals surface area contributed by atoms with Crippen molar-refractivity contribution in [3.05, 3.63) is 106 Å². The molecule has 1 aliphatic rings. The van der Waals surface area contributed by atoms with Gasteiger partial charge in [0.25, 0.3) is 11.7 Å². The van der Waals surface area contributed by atoms with E-state index in [0.29, 0.717) is 11.3 Å². The van der Waals surface area contributed by atoms with Gasteiger partial charge >= 0.3 is 0 Å². The van der Waals surface area contributed by atoms with E-state index in [1.807, 2.05) is 74.5 Å². The molecule has 31 heavy (non-hydrogen) atoms. The second-order valence-electron chi connectivity index (χ2n) is 7.98. The van der Waals surface area contributed by atoms with Crippen molar-refractivity contribution in [2.45, 2.75) is 33.2 Å². The van der Waals surface area contributed by atoms with Crippen molar-refractivity contribution >= 4 is 23.1 Å². The molecule has 3 aromatic carbocycles. The first-order chi connectivity index (χ1) is 14.9. The van der Waals surface area contributed by atoms with Crippen LogP contribution >= 0.6 is 0 Å². The Morgan fingerprint density at radius 3 is 2.10 bits per heavy atom. The summed E-state index contributed by atoms with van der Waals surface area (Å²) in [7, 11) is 0. The van der Waals surface area contributed by atoms with Crippen LogP contribution in [0, 0.1) is 13.8 Å². The van der Waals surface area contributed by atoms with Crippen molar-refractivity contribution in [1.82, 2.24) is 0 Å². The summed E-state index contributed by atoms with van der Waals surface area (Å²) in [6.07, 6.45) is 0.877. The van der Waals surface area contributed by atoms with Gasteiger partial charge in [0.05, 0.1) is 11.6 Å². The lowest BCUT2D eigenvalue weighted by Crippen LogP contribution is -2.29. The molecule has 156 valence electrons. The Hall–Kier alpha value is -3.66. The Kier molecular flexibility index (Phi) is 5.47. The number of hydrogen-bond acceptors (Lipinski definition) is 3. The summed E-state index contributed by atoms with van der Waals surface area (Å²) in [6.45, 7) is 5.97. The molecule has 3 aromatic rings. The van der Waals surface area contributed by atoms with E-state index in [1.54, 1.807) is 12.1 Å². The SMILES string of the molecule is CCc1ccc(/C(O)=C2\C(=O)C(=O)N(c3cc(C)cc(C)c3)C2c2ccccc2)cc1. The van der Waals surface area contributed by atoms with E-state index < -0.39 is 17.7 Å². The lowest BCUT2D eigenvalue weighted by Gasteiger charge is -2.26. The van der Waals surface area contributed by atoms with E-state index in [1.165, 1.54) is 4.90 Å². The van der Waals surface area contributed by atoms with Crippen molar-refractivity contribution in [3.63, 3.8) is 0 Å². The van der Waals surface area contributed by atoms with Gasteiger partial charge < -0.3 is 5.11 Å². The van der Waals surface area contributed by atoms with Crippen molar-refractivity contribution in [2.75, 3.05) is 4.90 Å². The number of rotatable bonds is 4. The molecule has 1 fully saturated rings. The maximum Gasteiger partial charge on any atom is 0.300 e. The summed E-state index contributed by atoms with van der Waals surface area (Å²) in [5, 5.41) is 11.2. The fourth-order valence-corrected chi connectivity index (χ4v) is 4.19. The quantitative estimate of drug-likeness (QED) is 0.351. The van der Waals surface area contributed by atoms with Crippen molar-refractivity contribution in [3.8, 4) is 0 Å². The Balaban J connectivity index is 1.93. The normalized spacial score (nSPS) is 17.9. The number of hydrogen-bond donors (Lipinski definition) is 1. The highest BCUT2D eigenvalue weighted by Crippen LogP contribution is 2.42. The first-order valence-electron chi connectivity index (χ1n) is 10.4. The molecule has 0 radical (unpaired) electrons. The van der Waals surface area contributed by atoms with Crippen LogP contribution < -0.4 is 4.90 Å². The van der Waals surface area contributed by atoms with Gasteiger partial charge in [-0.05, 0) is 54.7 Å². The molecule has 0 aliphatic carbocycles. The first kappa shape index (κ1) is 20.6. The largest absolute Gasteiger partial charge is 0.507 e. The number of aliphatic hydroxyl groups excluding tert-OH is 1. The average molecular weight is 412 g/mol. The van der Waals surface area contributed by atoms with Crippen LogP contribution in [0.1, 0.15) is 40.8 Å². The summed E-state index contributed by atoms with van der Waals surface area (Å²) in [5.74, 6) is -1.46. The van der Waals surface area contributed by atoms with E-state index in [4.69, 9.17) is 0 Å². The molecule has 1 unspecified atom stereocenters. The number of aliphatic hydroxyl groups is 1. The minimum absolute atomic E-state index is 0.111. The standard InChI is InChI=1S/C27H25NO3/c1-4-19-10-12-21(13-11-19)25(29)23-24(20-8-6-5-7-9-20)28(27(31)26(23)30)22-15-17(2)14-18(3)16-22/h5-16,24,29H,4H2,1-3H3/b25-23+. The van der Waals surface area contributed by atoms with Crippen LogP contribution in [0.5, 0.6) is 0 Å². The topological polar surface area (TPSA) is 57.6 Å². The monoisotopic (exact) mass is 411 g/mol. The van der Waals surface area contributed by atoms with Crippen LogP contribution in [0.15, 0.2) is 78.4 Å². The number of aryl methyl sites for hydroxylation is 3. The third-order valence-electron chi connectivity index (χ3n) is 5.68. The van der Waals surface area contributed by atoms with Crippen LogP contribution in [-0.4, -0.2) is 16.8 Å². The highest BCUT2D eigenvalue weighted by molar-refractivity contribution is 6.51. The molecule has 1 N–H and O–H groups in total. The fraction of sp³-hybridized carbons (Fsp3) is 0.185. The molecule has 1 heterocycles. The highest BCUT2D eigenvalue weighted by Gasteiger charge is 2.46. The van der Waals surface area contributed by atoms with Gasteiger partial charge in [-0.2, -0.15) is 0 Å². The molecule has 0 aromatic heterocycles. The van der Waals surface area contributed by atoms with Gasteiger partial charge in [-0.25, -0.2) is 0 Å². The minimum atomic E-state index is -0.701. The summed E-state index contributed by atoms with van der Waals surface area (Å²) < 4.78 is 0. The Morgan fingerprint density at radius 1 is 0.903 bits per heavy atom. The fourth-order valence-electron chi connectivity index (χ4n) is 4.19. The number of ketones is 1. The molecule has 4 rings (SSSR count). The zero-order valence-electron chi connectivity index (χ0n) is 17.9. The van der Waals surface area contributed by atoms with Crippen LogP contribution in [0.2, 0.25) is 0 Å². The van der Waals surface area contributed by atoms with Gasteiger partial charge in [0.15, 0.2) is 0 Å². The number of carbonyl (C=O) groups excluding carboxylic acids is 2. The maximum atomic E-state index is 13.2. The molecule has 1 amide bonds. The Bertz CT molecular complexity index is 1160. The summed E-state index contributed by atoms with van der Waals surface area (Å²) >= 11 is 0. The second kappa shape index (κ2) is 8.23. The molecular weight excluding hydrogens is 386 g/mol. The molecular formula is C27H25NO3. The van der Waals surface area contributed by atoms with E-state index in [-0.39, 0.29) is 11.3 Å². The van der Waals surface area contributed by atoms with Gasteiger partial charge in [-0.3, -0.25) is 14.5 Å². The lowest BCUT2D eigenvalue weighted by molar-refractivity contribution is -0.132. The molecule has 4 heteroatoms. The predicted molar refractivity (Wildman–Crippen MR) is 123 cm³/mol. The third-order valence-corrected chi connectivity index (χ3v) is 5.68. The number of anilines is 1. The number of Topliss-reactive ketones (excluding diaryl/α,β-unsaturated/α-hetero) is 1. The predicted octanol–water partition coefficient (Wildman–Crippen LogP) is 5.49. The van der Waals surface area contributed by atoms with Gasteiger partial charge in [-0.1, -0.05) is 67.6 Å². The summed E-state index contributed by atoms with van der Waals surface area (Å²) in [6, 6.07) is 21.9. The van der Waals surface area contributed by atoms with Crippen molar-refractivity contribution in [2.24, 2.45) is 0 Å². The second-order valence-corrected chi connectivity index (χ2v) is 7.98. The number of nitrogens with zero attached hydrogens (tertiary/aromatic N) is 1. The third kappa shape index (κ3) is 3.77. The number of amides is 1. The Labute approximate surface area is 182 Å². The van der Waals surface area contributed by atoms with Crippen molar-refractivity contribution < 1.29 is 14.7 Å². The molecule has 0 saturated carbocycles. The average Bonchev–Trinajstić information content (AvgIpc) is 3.04. The molecule has 1 saturated heterocycles.